The van der Waals surface area contributed by atoms with Gasteiger partial charge in [0, 0.05) is 19.5 Å². The molecule has 1 aromatic carbocycles. The Morgan fingerprint density at radius 2 is 1.95 bits per heavy atom. The predicted octanol–water partition coefficient (Wildman–Crippen LogP) is 3.19. The van der Waals surface area contributed by atoms with Crippen LogP contribution in [-0.2, 0) is 4.79 Å². The number of amides is 1. The molecule has 0 fully saturated rings. The van der Waals surface area contributed by atoms with Gasteiger partial charge in [0.2, 0.25) is 0 Å². The molecule has 3 nitrogen and oxygen atoms in total. The Labute approximate surface area is 119 Å². The van der Waals surface area contributed by atoms with Crippen molar-refractivity contribution in [3.8, 4) is 6.07 Å². The smallest absolute Gasteiger partial charge is 0.276 e. The zero-order valence-electron chi connectivity index (χ0n) is 11.8. The minimum Gasteiger partial charge on any atom is -0.340 e. The maximum Gasteiger partial charge on any atom is 0.276 e. The summed E-state index contributed by atoms with van der Waals surface area (Å²) in [6.07, 6.45) is 2.99. The fourth-order valence-electron chi connectivity index (χ4n) is 1.86. The lowest BCUT2D eigenvalue weighted by Gasteiger charge is -2.24. The lowest BCUT2D eigenvalue weighted by molar-refractivity contribution is -0.139. The molecule has 0 bridgehead atoms. The Kier molecular flexibility index (Phi) is 5.92. The van der Waals surface area contributed by atoms with E-state index in [0.717, 1.165) is 5.56 Å². The van der Waals surface area contributed by atoms with Crippen molar-refractivity contribution in [2.45, 2.75) is 25.9 Å². The van der Waals surface area contributed by atoms with Gasteiger partial charge in [-0.3, -0.25) is 4.79 Å². The molecule has 0 radical (unpaired) electrons. The van der Waals surface area contributed by atoms with Crippen LogP contribution in [0.3, 0.4) is 0 Å². The van der Waals surface area contributed by atoms with E-state index in [4.69, 9.17) is 5.26 Å². The van der Waals surface area contributed by atoms with Gasteiger partial charge in [0.05, 0.1) is 0 Å². The number of hydrogen-bond donors (Lipinski definition) is 0. The maximum absolute atomic E-state index is 14.4. The summed E-state index contributed by atoms with van der Waals surface area (Å²) >= 11 is 0. The Hall–Kier alpha value is -2.15. The number of hydrogen-bond acceptors (Lipinski definition) is 2. The van der Waals surface area contributed by atoms with Gasteiger partial charge >= 0.3 is 0 Å². The molecule has 0 saturated carbocycles. The molecule has 0 aliphatic rings. The summed E-state index contributed by atoms with van der Waals surface area (Å²) < 4.78 is 14.4. The second kappa shape index (κ2) is 7.44. The van der Waals surface area contributed by atoms with Crippen molar-refractivity contribution >= 4 is 12.0 Å². The highest BCUT2D eigenvalue weighted by Crippen LogP contribution is 2.20. The molecule has 20 heavy (non-hydrogen) atoms. The van der Waals surface area contributed by atoms with Crippen molar-refractivity contribution in [2.75, 3.05) is 13.1 Å². The standard InChI is InChI=1S/C16H19FN2O/c1-3-19(4-2)15(20)16(17,13-18)12-8-11-14-9-6-5-7-10-14/h5-11H,3-4,12H2,1-2H3/b11-8+. The first-order valence-electron chi connectivity index (χ1n) is 6.68. The molecule has 4 heteroatoms. The molecule has 1 rings (SSSR count). The number of allylic oxidation sites excluding steroid dienone is 1. The molecular formula is C16H19FN2O. The van der Waals surface area contributed by atoms with Gasteiger partial charge in [-0.1, -0.05) is 42.5 Å². The van der Waals surface area contributed by atoms with Crippen molar-refractivity contribution < 1.29 is 9.18 Å². The molecule has 0 aliphatic carbocycles. The highest BCUT2D eigenvalue weighted by molar-refractivity contribution is 5.88. The van der Waals surface area contributed by atoms with Gasteiger partial charge in [-0.15, -0.1) is 0 Å². The van der Waals surface area contributed by atoms with Crippen molar-refractivity contribution in [1.82, 2.24) is 4.90 Å². The zero-order chi connectivity index (χ0) is 15.0. The molecule has 0 heterocycles. The zero-order valence-corrected chi connectivity index (χ0v) is 11.8. The molecule has 1 amide bonds. The van der Waals surface area contributed by atoms with Crippen LogP contribution in [0.5, 0.6) is 0 Å². The summed E-state index contributed by atoms with van der Waals surface area (Å²) in [6, 6.07) is 10.9. The normalized spacial score (nSPS) is 13.7. The first-order chi connectivity index (χ1) is 9.57. The van der Waals surface area contributed by atoms with E-state index in [-0.39, 0.29) is 6.42 Å². The van der Waals surface area contributed by atoms with E-state index < -0.39 is 11.6 Å². The third kappa shape index (κ3) is 3.92. The summed E-state index contributed by atoms with van der Waals surface area (Å²) in [5, 5.41) is 8.99. The number of nitrogens with zero attached hydrogens (tertiary/aromatic N) is 2. The average Bonchev–Trinajstić information content (AvgIpc) is 2.49. The van der Waals surface area contributed by atoms with E-state index >= 15 is 0 Å². The van der Waals surface area contributed by atoms with E-state index in [2.05, 4.69) is 0 Å². The third-order valence-electron chi connectivity index (χ3n) is 3.08. The van der Waals surface area contributed by atoms with Crippen molar-refractivity contribution in [2.24, 2.45) is 0 Å². The monoisotopic (exact) mass is 274 g/mol. The van der Waals surface area contributed by atoms with Gasteiger partial charge in [-0.2, -0.15) is 5.26 Å². The average molecular weight is 274 g/mol. The Balaban J connectivity index is 2.78. The summed E-state index contributed by atoms with van der Waals surface area (Å²) in [4.78, 5) is 13.3. The van der Waals surface area contributed by atoms with Gasteiger partial charge in [0.1, 0.15) is 6.07 Å². The van der Waals surface area contributed by atoms with E-state index in [9.17, 15) is 9.18 Å². The van der Waals surface area contributed by atoms with Crippen molar-refractivity contribution in [3.63, 3.8) is 0 Å². The molecule has 1 atom stereocenters. The number of carbonyl (C=O) groups excluding carboxylic acids is 1. The van der Waals surface area contributed by atoms with Gasteiger partial charge in [-0.05, 0) is 19.4 Å². The highest BCUT2D eigenvalue weighted by Gasteiger charge is 2.40. The van der Waals surface area contributed by atoms with Crippen molar-refractivity contribution in [3.05, 3.63) is 42.0 Å². The Bertz CT molecular complexity index is 503. The maximum atomic E-state index is 14.4. The van der Waals surface area contributed by atoms with Crippen LogP contribution < -0.4 is 0 Å². The number of halogens is 1. The number of rotatable bonds is 6. The van der Waals surface area contributed by atoms with Crippen LogP contribution in [0.15, 0.2) is 36.4 Å². The molecule has 106 valence electrons. The summed E-state index contributed by atoms with van der Waals surface area (Å²) in [6.45, 7) is 4.31. The van der Waals surface area contributed by atoms with Crippen LogP contribution in [0, 0.1) is 11.3 Å². The first kappa shape index (κ1) is 15.9. The molecule has 0 aliphatic heterocycles. The molecule has 1 aromatic rings. The van der Waals surface area contributed by atoms with Gasteiger partial charge < -0.3 is 4.90 Å². The van der Waals surface area contributed by atoms with Crippen molar-refractivity contribution in [1.29, 1.82) is 5.26 Å². The van der Waals surface area contributed by atoms with Crippen LogP contribution in [0.2, 0.25) is 0 Å². The predicted molar refractivity (Wildman–Crippen MR) is 77.5 cm³/mol. The Morgan fingerprint density at radius 1 is 1.35 bits per heavy atom. The number of nitriles is 1. The molecule has 0 N–H and O–H groups in total. The van der Waals surface area contributed by atoms with E-state index in [1.807, 2.05) is 30.3 Å². The van der Waals surface area contributed by atoms with Gasteiger partial charge in [0.15, 0.2) is 0 Å². The topological polar surface area (TPSA) is 44.1 Å². The van der Waals surface area contributed by atoms with Gasteiger partial charge in [-0.25, -0.2) is 4.39 Å². The second-order valence-corrected chi connectivity index (χ2v) is 4.41. The quantitative estimate of drug-likeness (QED) is 0.799. The Morgan fingerprint density at radius 3 is 2.45 bits per heavy atom. The summed E-state index contributed by atoms with van der Waals surface area (Å²) in [7, 11) is 0. The number of benzene rings is 1. The number of carbonyl (C=O) groups is 1. The van der Waals surface area contributed by atoms with E-state index in [1.54, 1.807) is 19.9 Å². The lowest BCUT2D eigenvalue weighted by Crippen LogP contribution is -2.45. The fraction of sp³-hybridized carbons (Fsp3) is 0.375. The SMILES string of the molecule is CCN(CC)C(=O)C(F)(C#N)C/C=C/c1ccccc1. The van der Waals surface area contributed by atoms with Crippen LogP contribution in [0.1, 0.15) is 25.8 Å². The van der Waals surface area contributed by atoms with E-state index in [1.165, 1.54) is 17.0 Å². The van der Waals surface area contributed by atoms with Crippen LogP contribution in [0.4, 0.5) is 4.39 Å². The largest absolute Gasteiger partial charge is 0.340 e. The third-order valence-corrected chi connectivity index (χ3v) is 3.08. The highest BCUT2D eigenvalue weighted by atomic mass is 19.1. The lowest BCUT2D eigenvalue weighted by atomic mass is 10.0. The van der Waals surface area contributed by atoms with Crippen LogP contribution in [0.25, 0.3) is 6.08 Å². The van der Waals surface area contributed by atoms with E-state index in [0.29, 0.717) is 13.1 Å². The summed E-state index contributed by atoms with van der Waals surface area (Å²) in [5.41, 5.74) is -1.58. The van der Waals surface area contributed by atoms with Gasteiger partial charge in [0.25, 0.3) is 11.6 Å². The number of alkyl halides is 1. The van der Waals surface area contributed by atoms with Crippen LogP contribution in [-0.4, -0.2) is 29.6 Å². The molecule has 0 saturated heterocycles. The second-order valence-electron chi connectivity index (χ2n) is 4.41. The molecule has 0 aromatic heterocycles. The summed E-state index contributed by atoms with van der Waals surface area (Å²) in [5.74, 6) is -0.761. The van der Waals surface area contributed by atoms with Crippen LogP contribution >= 0.6 is 0 Å². The molecule has 0 spiro atoms. The molecular weight excluding hydrogens is 255 g/mol. The minimum absolute atomic E-state index is 0.242. The fourth-order valence-corrected chi connectivity index (χ4v) is 1.86. The molecule has 1 unspecified atom stereocenters. The first-order valence-corrected chi connectivity index (χ1v) is 6.68. The minimum atomic E-state index is -2.49.